The number of hydrogen-bond acceptors (Lipinski definition) is 2. The normalized spacial score (nSPS) is 12.0. The van der Waals surface area contributed by atoms with E-state index >= 15 is 0 Å². The molecule has 0 spiro atoms. The van der Waals surface area contributed by atoms with Crippen LogP contribution in [0, 0.1) is 0 Å². The lowest BCUT2D eigenvalue weighted by atomic mass is 10.3. The minimum absolute atomic E-state index is 0.0619. The van der Waals surface area contributed by atoms with Crippen LogP contribution in [0.4, 0.5) is 0 Å². The fourth-order valence-corrected chi connectivity index (χ4v) is 0.442. The summed E-state index contributed by atoms with van der Waals surface area (Å²) in [6, 6.07) is 0. The maximum absolute atomic E-state index is 10.6. The van der Waals surface area contributed by atoms with Gasteiger partial charge in [-0.3, -0.25) is 9.79 Å². The molecule has 2 heteroatoms. The first kappa shape index (κ1) is 8.82. The summed E-state index contributed by atoms with van der Waals surface area (Å²) in [4.78, 5) is 14.5. The van der Waals surface area contributed by atoms with Crippen molar-refractivity contribution < 1.29 is 4.79 Å². The minimum atomic E-state index is -0.0619. The first-order chi connectivity index (χ1) is 4.72. The van der Waals surface area contributed by atoms with Gasteiger partial charge in [0.2, 0.25) is 0 Å². The lowest BCUT2D eigenvalue weighted by Crippen LogP contribution is -2.04. The number of rotatable bonds is 3. The van der Waals surface area contributed by atoms with Gasteiger partial charge in [-0.25, -0.2) is 0 Å². The van der Waals surface area contributed by atoms with Crippen LogP contribution >= 0.6 is 0 Å². The molecule has 0 saturated heterocycles. The molecular weight excluding hydrogens is 126 g/mol. The maximum Gasteiger partial charge on any atom is 0.178 e. The third-order valence-electron chi connectivity index (χ3n) is 0.917. The van der Waals surface area contributed by atoms with Crippen LogP contribution < -0.4 is 0 Å². The van der Waals surface area contributed by atoms with Crippen LogP contribution in [0.3, 0.4) is 0 Å². The fraction of sp³-hybridized carbons (Fsp3) is 0.250. The SMILES string of the molecule is C=CC(=N/C=C\C)C(C)=O. The molecule has 0 heterocycles. The standard InChI is InChI=1S/C8H11NO/c1-4-6-9-8(5-2)7(3)10/h4-6H,2H2,1,3H3/b6-4-,9-8?. The molecule has 0 aromatic rings. The van der Waals surface area contributed by atoms with Crippen molar-refractivity contribution >= 4 is 11.5 Å². The van der Waals surface area contributed by atoms with E-state index in [-0.39, 0.29) is 5.78 Å². The highest BCUT2D eigenvalue weighted by Crippen LogP contribution is 1.84. The van der Waals surface area contributed by atoms with E-state index in [4.69, 9.17) is 0 Å². The largest absolute Gasteiger partial charge is 0.293 e. The molecule has 54 valence electrons. The monoisotopic (exact) mass is 137 g/mol. The topological polar surface area (TPSA) is 29.4 Å². The van der Waals surface area contributed by atoms with Crippen molar-refractivity contribution in [2.45, 2.75) is 13.8 Å². The van der Waals surface area contributed by atoms with Crippen molar-refractivity contribution in [2.24, 2.45) is 4.99 Å². The third kappa shape index (κ3) is 2.97. The second kappa shape index (κ2) is 4.68. The molecule has 2 nitrogen and oxygen atoms in total. The first-order valence-corrected chi connectivity index (χ1v) is 3.04. The molecule has 0 rings (SSSR count). The molecule has 0 N–H and O–H groups in total. The highest BCUT2D eigenvalue weighted by molar-refractivity contribution is 6.43. The van der Waals surface area contributed by atoms with Crippen LogP contribution in [-0.2, 0) is 4.79 Å². The molecule has 0 unspecified atom stereocenters. The highest BCUT2D eigenvalue weighted by atomic mass is 16.1. The summed E-state index contributed by atoms with van der Waals surface area (Å²) in [5.74, 6) is -0.0619. The van der Waals surface area contributed by atoms with Gasteiger partial charge in [0.15, 0.2) is 5.78 Å². The molecule has 0 radical (unpaired) electrons. The van der Waals surface area contributed by atoms with Gasteiger partial charge < -0.3 is 0 Å². The van der Waals surface area contributed by atoms with E-state index in [0.717, 1.165) is 0 Å². The summed E-state index contributed by atoms with van der Waals surface area (Å²) in [7, 11) is 0. The number of allylic oxidation sites excluding steroid dienone is 2. The van der Waals surface area contributed by atoms with Crippen molar-refractivity contribution in [3.63, 3.8) is 0 Å². The fourth-order valence-electron chi connectivity index (χ4n) is 0.442. The molecule has 0 bridgehead atoms. The number of hydrogen-bond donors (Lipinski definition) is 0. The summed E-state index contributed by atoms with van der Waals surface area (Å²) in [5.41, 5.74) is 0.401. The number of aliphatic imine (C=N–C) groups is 1. The minimum Gasteiger partial charge on any atom is -0.293 e. The van der Waals surface area contributed by atoms with Gasteiger partial charge >= 0.3 is 0 Å². The van der Waals surface area contributed by atoms with Gasteiger partial charge in [0.1, 0.15) is 5.71 Å². The Hall–Kier alpha value is -1.18. The highest BCUT2D eigenvalue weighted by Gasteiger charge is 1.96. The zero-order chi connectivity index (χ0) is 7.98. The van der Waals surface area contributed by atoms with Gasteiger partial charge in [0.05, 0.1) is 0 Å². The van der Waals surface area contributed by atoms with Crippen molar-refractivity contribution in [2.75, 3.05) is 0 Å². The van der Waals surface area contributed by atoms with E-state index in [1.165, 1.54) is 13.0 Å². The molecule has 0 saturated carbocycles. The predicted molar refractivity (Wildman–Crippen MR) is 43.1 cm³/mol. The van der Waals surface area contributed by atoms with Crippen molar-refractivity contribution in [1.82, 2.24) is 0 Å². The van der Waals surface area contributed by atoms with Gasteiger partial charge in [-0.2, -0.15) is 0 Å². The van der Waals surface area contributed by atoms with E-state index in [1.54, 1.807) is 12.3 Å². The maximum atomic E-state index is 10.6. The van der Waals surface area contributed by atoms with Crippen LogP contribution in [-0.4, -0.2) is 11.5 Å². The smallest absolute Gasteiger partial charge is 0.178 e. The van der Waals surface area contributed by atoms with Crippen molar-refractivity contribution in [3.8, 4) is 0 Å². The van der Waals surface area contributed by atoms with Crippen LogP contribution in [0.25, 0.3) is 0 Å². The van der Waals surface area contributed by atoms with Crippen LogP contribution in [0.2, 0.25) is 0 Å². The van der Waals surface area contributed by atoms with E-state index in [1.807, 2.05) is 6.92 Å². The van der Waals surface area contributed by atoms with Gasteiger partial charge in [0, 0.05) is 13.1 Å². The lowest BCUT2D eigenvalue weighted by Gasteiger charge is -1.88. The molecule has 0 aliphatic rings. The Morgan fingerprint density at radius 1 is 1.60 bits per heavy atom. The Morgan fingerprint density at radius 2 is 2.20 bits per heavy atom. The average molecular weight is 137 g/mol. The molecule has 0 aromatic heterocycles. The third-order valence-corrected chi connectivity index (χ3v) is 0.917. The van der Waals surface area contributed by atoms with Crippen LogP contribution in [0.15, 0.2) is 29.9 Å². The summed E-state index contributed by atoms with van der Waals surface area (Å²) in [6.07, 6.45) is 4.77. The number of Topliss-reactive ketones (excluding diaryl/α,β-unsaturated/α-hetero) is 1. The van der Waals surface area contributed by atoms with Crippen molar-refractivity contribution in [1.29, 1.82) is 0 Å². The second-order valence-corrected chi connectivity index (χ2v) is 1.76. The zero-order valence-corrected chi connectivity index (χ0v) is 6.29. The summed E-state index contributed by atoms with van der Waals surface area (Å²) in [6.45, 7) is 6.75. The predicted octanol–water partition coefficient (Wildman–Crippen LogP) is 1.74. The molecule has 0 aliphatic heterocycles. The van der Waals surface area contributed by atoms with E-state index < -0.39 is 0 Å². The molecule has 10 heavy (non-hydrogen) atoms. The summed E-state index contributed by atoms with van der Waals surface area (Å²) >= 11 is 0. The second-order valence-electron chi connectivity index (χ2n) is 1.76. The molecule has 0 atom stereocenters. The van der Waals surface area contributed by atoms with Gasteiger partial charge in [0.25, 0.3) is 0 Å². The average Bonchev–Trinajstić information content (AvgIpc) is 1.89. The Balaban J connectivity index is 4.33. The van der Waals surface area contributed by atoms with Gasteiger partial charge in [-0.1, -0.05) is 12.7 Å². The molecule has 0 fully saturated rings. The zero-order valence-electron chi connectivity index (χ0n) is 6.29. The van der Waals surface area contributed by atoms with Crippen LogP contribution in [0.5, 0.6) is 0 Å². The lowest BCUT2D eigenvalue weighted by molar-refractivity contribution is -0.111. The number of ketones is 1. The number of carbonyl (C=O) groups is 1. The van der Waals surface area contributed by atoms with Gasteiger partial charge in [-0.05, 0) is 13.0 Å². The van der Waals surface area contributed by atoms with Crippen molar-refractivity contribution in [3.05, 3.63) is 24.9 Å². The van der Waals surface area contributed by atoms with Gasteiger partial charge in [-0.15, -0.1) is 0 Å². The quantitative estimate of drug-likeness (QED) is 0.545. The number of carbonyl (C=O) groups excluding carboxylic acids is 1. The molecular formula is C8H11NO. The summed E-state index contributed by atoms with van der Waals surface area (Å²) < 4.78 is 0. The van der Waals surface area contributed by atoms with E-state index in [9.17, 15) is 4.79 Å². The molecule has 0 aromatic carbocycles. The van der Waals surface area contributed by atoms with Crippen LogP contribution in [0.1, 0.15) is 13.8 Å². The Labute approximate surface area is 61.0 Å². The van der Waals surface area contributed by atoms with E-state index in [0.29, 0.717) is 5.71 Å². The Morgan fingerprint density at radius 3 is 2.50 bits per heavy atom. The summed E-state index contributed by atoms with van der Waals surface area (Å²) in [5, 5.41) is 0. The molecule has 0 amide bonds. The van der Waals surface area contributed by atoms with E-state index in [2.05, 4.69) is 11.6 Å². The number of nitrogens with zero attached hydrogens (tertiary/aromatic N) is 1. The Bertz CT molecular complexity index is 189. The Kier molecular flexibility index (Phi) is 4.12. The molecule has 0 aliphatic carbocycles. The first-order valence-electron chi connectivity index (χ1n) is 3.04.